The molecule has 3 aromatic rings. The van der Waals surface area contributed by atoms with Gasteiger partial charge in [-0.25, -0.2) is 13.8 Å². The lowest BCUT2D eigenvalue weighted by molar-refractivity contribution is 0.0955. The van der Waals surface area contributed by atoms with Crippen LogP contribution in [0.15, 0.2) is 64.6 Å². The first-order chi connectivity index (χ1) is 16.7. The second kappa shape index (κ2) is 10.9. The quantitative estimate of drug-likeness (QED) is 0.342. The Labute approximate surface area is 204 Å². The van der Waals surface area contributed by atoms with Crippen molar-refractivity contribution in [2.45, 2.75) is 18.7 Å². The number of methoxy groups -OCH3 is 3. The number of carbonyl (C=O) groups excluding carboxylic acids is 1. The summed E-state index contributed by atoms with van der Waals surface area (Å²) < 4.78 is 44.2. The van der Waals surface area contributed by atoms with E-state index in [0.717, 1.165) is 11.1 Å². The minimum atomic E-state index is -3.90. The molecular formula is C25H27N3O6S. The van der Waals surface area contributed by atoms with E-state index in [4.69, 9.17) is 14.2 Å². The molecule has 0 aliphatic heterocycles. The lowest BCUT2D eigenvalue weighted by atomic mass is 10.1. The van der Waals surface area contributed by atoms with Gasteiger partial charge < -0.3 is 14.2 Å². The van der Waals surface area contributed by atoms with Gasteiger partial charge in [-0.3, -0.25) is 9.52 Å². The predicted molar refractivity (Wildman–Crippen MR) is 134 cm³/mol. The molecule has 1 amide bonds. The van der Waals surface area contributed by atoms with Crippen molar-refractivity contribution in [3.8, 4) is 17.2 Å². The number of carbonyl (C=O) groups is 1. The summed E-state index contributed by atoms with van der Waals surface area (Å²) in [5.41, 5.74) is 5.36. The molecule has 0 atom stereocenters. The zero-order valence-corrected chi connectivity index (χ0v) is 20.9. The average Bonchev–Trinajstić information content (AvgIpc) is 2.85. The van der Waals surface area contributed by atoms with Crippen LogP contribution in [0.25, 0.3) is 0 Å². The van der Waals surface area contributed by atoms with Gasteiger partial charge in [-0.05, 0) is 49.7 Å². The van der Waals surface area contributed by atoms with E-state index in [0.29, 0.717) is 28.5 Å². The average molecular weight is 498 g/mol. The van der Waals surface area contributed by atoms with Crippen LogP contribution in [0.2, 0.25) is 0 Å². The molecule has 0 heterocycles. The van der Waals surface area contributed by atoms with Gasteiger partial charge in [-0.1, -0.05) is 23.8 Å². The Hall–Kier alpha value is -4.05. The second-order valence-corrected chi connectivity index (χ2v) is 9.28. The highest BCUT2D eigenvalue weighted by atomic mass is 32.2. The van der Waals surface area contributed by atoms with Gasteiger partial charge in [-0.15, -0.1) is 0 Å². The molecule has 0 aromatic heterocycles. The first-order valence-corrected chi connectivity index (χ1v) is 12.0. The summed E-state index contributed by atoms with van der Waals surface area (Å²) in [4.78, 5) is 12.6. The van der Waals surface area contributed by atoms with Crippen molar-refractivity contribution in [3.63, 3.8) is 0 Å². The molecule has 3 aromatic carbocycles. The Kier molecular flexibility index (Phi) is 7.98. The van der Waals surface area contributed by atoms with Crippen molar-refractivity contribution in [1.29, 1.82) is 0 Å². The molecule has 0 spiro atoms. The standard InChI is InChI=1S/C25H27N3O6S/c1-16-9-10-21(17(2)11-16)28-35(30,31)20-8-6-7-18(12-20)25(29)27-26-15-19-13-23(33-4)24(34-5)14-22(19)32-3/h6-15,28H,1-5H3,(H,27,29)/b26-15+. The highest BCUT2D eigenvalue weighted by molar-refractivity contribution is 7.92. The molecule has 0 radical (unpaired) electrons. The third-order valence-corrected chi connectivity index (χ3v) is 6.50. The molecule has 0 bridgehead atoms. The summed E-state index contributed by atoms with van der Waals surface area (Å²) in [6.45, 7) is 3.75. The summed E-state index contributed by atoms with van der Waals surface area (Å²) in [5, 5.41) is 3.97. The molecular weight excluding hydrogens is 470 g/mol. The summed E-state index contributed by atoms with van der Waals surface area (Å²) >= 11 is 0. The first-order valence-electron chi connectivity index (χ1n) is 10.5. The normalized spacial score (nSPS) is 11.2. The van der Waals surface area contributed by atoms with Gasteiger partial charge in [0.2, 0.25) is 0 Å². The number of nitrogens with zero attached hydrogens (tertiary/aromatic N) is 1. The number of aryl methyl sites for hydroxylation is 2. The maximum atomic E-state index is 12.9. The summed E-state index contributed by atoms with van der Waals surface area (Å²) in [6.07, 6.45) is 1.39. The van der Waals surface area contributed by atoms with Gasteiger partial charge in [0, 0.05) is 17.2 Å². The zero-order chi connectivity index (χ0) is 25.6. The van der Waals surface area contributed by atoms with Crippen LogP contribution < -0.4 is 24.4 Å². The van der Waals surface area contributed by atoms with Crippen LogP contribution in [0.1, 0.15) is 27.0 Å². The number of hydrazone groups is 1. The van der Waals surface area contributed by atoms with Crippen molar-refractivity contribution in [2.75, 3.05) is 26.1 Å². The number of sulfonamides is 1. The van der Waals surface area contributed by atoms with Crippen LogP contribution in [-0.2, 0) is 10.0 Å². The van der Waals surface area contributed by atoms with E-state index in [1.807, 2.05) is 26.0 Å². The lowest BCUT2D eigenvalue weighted by Crippen LogP contribution is -2.19. The molecule has 2 N–H and O–H groups in total. The maximum Gasteiger partial charge on any atom is 0.271 e. The number of hydrogen-bond acceptors (Lipinski definition) is 7. The fourth-order valence-electron chi connectivity index (χ4n) is 3.32. The van der Waals surface area contributed by atoms with Gasteiger partial charge in [0.25, 0.3) is 15.9 Å². The minimum Gasteiger partial charge on any atom is -0.496 e. The zero-order valence-electron chi connectivity index (χ0n) is 20.1. The smallest absolute Gasteiger partial charge is 0.271 e. The predicted octanol–water partition coefficient (Wildman–Crippen LogP) is 3.89. The fourth-order valence-corrected chi connectivity index (χ4v) is 4.49. The van der Waals surface area contributed by atoms with Crippen molar-refractivity contribution in [1.82, 2.24) is 5.43 Å². The maximum absolute atomic E-state index is 12.9. The van der Waals surface area contributed by atoms with E-state index in [-0.39, 0.29) is 10.5 Å². The largest absolute Gasteiger partial charge is 0.496 e. The molecule has 10 heteroatoms. The highest BCUT2D eigenvalue weighted by Gasteiger charge is 2.17. The Morgan fingerprint density at radius 2 is 1.57 bits per heavy atom. The third kappa shape index (κ3) is 6.10. The number of nitrogens with one attached hydrogen (secondary N) is 2. The Balaban J connectivity index is 1.78. The van der Waals surface area contributed by atoms with E-state index in [9.17, 15) is 13.2 Å². The molecule has 184 valence electrons. The Bertz CT molecular complexity index is 1370. The van der Waals surface area contributed by atoms with Gasteiger partial charge in [0.15, 0.2) is 11.5 Å². The SMILES string of the molecule is COc1cc(OC)c(OC)cc1/C=N/NC(=O)c1cccc(S(=O)(=O)Nc2ccc(C)cc2C)c1. The Morgan fingerprint density at radius 3 is 2.23 bits per heavy atom. The fraction of sp³-hybridized carbons (Fsp3) is 0.200. The third-order valence-electron chi connectivity index (χ3n) is 5.14. The Morgan fingerprint density at radius 1 is 0.886 bits per heavy atom. The summed E-state index contributed by atoms with van der Waals surface area (Å²) in [7, 11) is 0.607. The second-order valence-electron chi connectivity index (χ2n) is 7.60. The molecule has 0 aliphatic carbocycles. The summed E-state index contributed by atoms with van der Waals surface area (Å²) in [5.74, 6) is 0.837. The monoisotopic (exact) mass is 497 g/mol. The highest BCUT2D eigenvalue weighted by Crippen LogP contribution is 2.33. The van der Waals surface area contributed by atoms with Gasteiger partial charge in [0.1, 0.15) is 5.75 Å². The number of ether oxygens (including phenoxy) is 3. The minimum absolute atomic E-state index is 0.0457. The van der Waals surface area contributed by atoms with Crippen LogP contribution in [0.5, 0.6) is 17.2 Å². The van der Waals surface area contributed by atoms with E-state index >= 15 is 0 Å². The van der Waals surface area contributed by atoms with E-state index in [1.54, 1.807) is 18.2 Å². The molecule has 9 nitrogen and oxygen atoms in total. The molecule has 0 aliphatic rings. The van der Waals surface area contributed by atoms with Crippen LogP contribution in [-0.4, -0.2) is 41.9 Å². The van der Waals surface area contributed by atoms with E-state index in [1.165, 1.54) is 51.8 Å². The van der Waals surface area contributed by atoms with Crippen LogP contribution >= 0.6 is 0 Å². The number of rotatable bonds is 9. The van der Waals surface area contributed by atoms with Crippen LogP contribution in [0, 0.1) is 13.8 Å². The van der Waals surface area contributed by atoms with Crippen molar-refractivity contribution in [2.24, 2.45) is 5.10 Å². The summed E-state index contributed by atoms with van der Waals surface area (Å²) in [6, 6.07) is 14.4. The van der Waals surface area contributed by atoms with Crippen LogP contribution in [0.4, 0.5) is 5.69 Å². The number of amides is 1. The van der Waals surface area contributed by atoms with Crippen molar-refractivity contribution >= 4 is 27.8 Å². The number of anilines is 1. The number of hydrogen-bond donors (Lipinski definition) is 2. The van der Waals surface area contributed by atoms with Gasteiger partial charge in [-0.2, -0.15) is 5.10 Å². The number of benzene rings is 3. The molecule has 35 heavy (non-hydrogen) atoms. The molecule has 0 saturated heterocycles. The van der Waals surface area contributed by atoms with Crippen LogP contribution in [0.3, 0.4) is 0 Å². The van der Waals surface area contributed by atoms with E-state index in [2.05, 4.69) is 15.2 Å². The van der Waals surface area contributed by atoms with Gasteiger partial charge in [0.05, 0.1) is 38.1 Å². The lowest BCUT2D eigenvalue weighted by Gasteiger charge is -2.12. The topological polar surface area (TPSA) is 115 Å². The molecule has 0 fully saturated rings. The first kappa shape index (κ1) is 25.6. The molecule has 0 saturated carbocycles. The van der Waals surface area contributed by atoms with Gasteiger partial charge >= 0.3 is 0 Å². The van der Waals surface area contributed by atoms with Crippen molar-refractivity contribution in [3.05, 3.63) is 76.9 Å². The molecule has 0 unspecified atom stereocenters. The molecule has 3 rings (SSSR count). The van der Waals surface area contributed by atoms with E-state index < -0.39 is 15.9 Å². The van der Waals surface area contributed by atoms with Crippen molar-refractivity contribution < 1.29 is 27.4 Å².